The molecule has 1 aliphatic rings. The molecule has 1 N–H and O–H groups in total. The summed E-state index contributed by atoms with van der Waals surface area (Å²) in [5.41, 5.74) is 0. The van der Waals surface area contributed by atoms with Crippen molar-refractivity contribution in [2.24, 2.45) is 0 Å². The lowest BCUT2D eigenvalue weighted by Gasteiger charge is -2.31. The average Bonchev–Trinajstić information content (AvgIpc) is 2.85. The van der Waals surface area contributed by atoms with Gasteiger partial charge in [0.1, 0.15) is 0 Å². The minimum Gasteiger partial charge on any atom is -0.314 e. The number of hydrogen-bond acceptors (Lipinski definition) is 3. The maximum atomic E-state index is 5.32. The number of likely N-dealkylation sites (tertiary alicyclic amines) is 1. The van der Waals surface area contributed by atoms with Gasteiger partial charge in [-0.25, -0.2) is 0 Å². The summed E-state index contributed by atoms with van der Waals surface area (Å²) in [7, 11) is 0. The van der Waals surface area contributed by atoms with Gasteiger partial charge in [-0.1, -0.05) is 12.0 Å². The van der Waals surface area contributed by atoms with Crippen LogP contribution < -0.4 is 5.32 Å². The van der Waals surface area contributed by atoms with Crippen LogP contribution >= 0.6 is 11.3 Å². The summed E-state index contributed by atoms with van der Waals surface area (Å²) in [5, 5.41) is 5.80. The van der Waals surface area contributed by atoms with Crippen molar-refractivity contribution in [3.8, 4) is 12.3 Å². The quantitative estimate of drug-likeness (QED) is 0.802. The molecule has 1 fully saturated rings. The number of hydrogen-bond donors (Lipinski definition) is 1. The first-order valence-corrected chi connectivity index (χ1v) is 7.18. The largest absolute Gasteiger partial charge is 0.314 e. The van der Waals surface area contributed by atoms with Gasteiger partial charge in [-0.2, -0.15) is 0 Å². The molecule has 92 valence electrons. The number of piperidine rings is 1. The van der Waals surface area contributed by atoms with Crippen LogP contribution in [0.5, 0.6) is 0 Å². The van der Waals surface area contributed by atoms with Crippen molar-refractivity contribution < 1.29 is 0 Å². The number of thiophene rings is 1. The molecule has 2 rings (SSSR count). The molecule has 0 aliphatic carbocycles. The SMILES string of the molecule is C#CCN1CCC(NCCc2cccs2)CC1. The molecule has 0 atom stereocenters. The van der Waals surface area contributed by atoms with Gasteiger partial charge < -0.3 is 5.32 Å². The van der Waals surface area contributed by atoms with Crippen LogP contribution in [-0.2, 0) is 6.42 Å². The zero-order valence-corrected chi connectivity index (χ0v) is 11.0. The summed E-state index contributed by atoms with van der Waals surface area (Å²) in [4.78, 5) is 3.83. The maximum absolute atomic E-state index is 5.32. The Bertz CT molecular complexity index is 345. The molecule has 1 aliphatic heterocycles. The first kappa shape index (κ1) is 12.6. The molecule has 0 aromatic carbocycles. The second-order valence-electron chi connectivity index (χ2n) is 4.54. The standard InChI is InChI=1S/C14H20N2S/c1-2-9-16-10-6-13(7-11-16)15-8-5-14-4-3-12-17-14/h1,3-4,12-13,15H,5-11H2. The van der Waals surface area contributed by atoms with Gasteiger partial charge in [0, 0.05) is 30.6 Å². The summed E-state index contributed by atoms with van der Waals surface area (Å²) in [5.74, 6) is 2.72. The Morgan fingerprint density at radius 3 is 2.94 bits per heavy atom. The van der Waals surface area contributed by atoms with Crippen molar-refractivity contribution >= 4 is 11.3 Å². The first-order valence-electron chi connectivity index (χ1n) is 6.30. The van der Waals surface area contributed by atoms with Crippen molar-refractivity contribution in [1.82, 2.24) is 10.2 Å². The van der Waals surface area contributed by atoms with Crippen LogP contribution in [0.2, 0.25) is 0 Å². The second kappa shape index (κ2) is 6.80. The molecule has 0 radical (unpaired) electrons. The predicted octanol–water partition coefficient (Wildman–Crippen LogP) is 1.98. The number of rotatable bonds is 5. The van der Waals surface area contributed by atoms with Crippen LogP contribution in [0.25, 0.3) is 0 Å². The Morgan fingerprint density at radius 1 is 1.47 bits per heavy atom. The third kappa shape index (κ3) is 4.16. The van der Waals surface area contributed by atoms with Crippen molar-refractivity contribution in [2.45, 2.75) is 25.3 Å². The molecule has 0 amide bonds. The normalized spacial score (nSPS) is 18.1. The molecule has 3 heteroatoms. The van der Waals surface area contributed by atoms with Gasteiger partial charge in [0.15, 0.2) is 0 Å². The third-order valence-corrected chi connectivity index (χ3v) is 4.22. The molecule has 2 nitrogen and oxygen atoms in total. The zero-order valence-electron chi connectivity index (χ0n) is 10.2. The molecule has 0 saturated carbocycles. The van der Waals surface area contributed by atoms with Gasteiger partial charge in [0.05, 0.1) is 6.54 Å². The predicted molar refractivity (Wildman–Crippen MR) is 74.3 cm³/mol. The summed E-state index contributed by atoms with van der Waals surface area (Å²) in [6.07, 6.45) is 8.93. The molecule has 1 aromatic heterocycles. The minimum absolute atomic E-state index is 0.684. The van der Waals surface area contributed by atoms with Crippen LogP contribution in [0.15, 0.2) is 17.5 Å². The van der Waals surface area contributed by atoms with Gasteiger partial charge in [0.25, 0.3) is 0 Å². The lowest BCUT2D eigenvalue weighted by atomic mass is 10.1. The fourth-order valence-corrected chi connectivity index (χ4v) is 2.99. The molecular weight excluding hydrogens is 228 g/mol. The minimum atomic E-state index is 0.684. The Morgan fingerprint density at radius 2 is 2.29 bits per heavy atom. The molecule has 0 bridgehead atoms. The molecule has 1 aromatic rings. The van der Waals surface area contributed by atoms with Crippen molar-refractivity contribution in [1.29, 1.82) is 0 Å². The van der Waals surface area contributed by atoms with E-state index in [9.17, 15) is 0 Å². The smallest absolute Gasteiger partial charge is 0.0598 e. The highest BCUT2D eigenvalue weighted by atomic mass is 32.1. The highest BCUT2D eigenvalue weighted by Gasteiger charge is 2.17. The van der Waals surface area contributed by atoms with Crippen LogP contribution in [-0.4, -0.2) is 37.1 Å². The molecule has 17 heavy (non-hydrogen) atoms. The van der Waals surface area contributed by atoms with E-state index >= 15 is 0 Å². The van der Waals surface area contributed by atoms with Crippen molar-refractivity contribution in [2.75, 3.05) is 26.2 Å². The second-order valence-corrected chi connectivity index (χ2v) is 5.57. The van der Waals surface area contributed by atoms with E-state index in [-0.39, 0.29) is 0 Å². The van der Waals surface area contributed by atoms with Crippen LogP contribution in [0.4, 0.5) is 0 Å². The van der Waals surface area contributed by atoms with E-state index in [1.807, 2.05) is 11.3 Å². The molecule has 0 unspecified atom stereocenters. The highest BCUT2D eigenvalue weighted by Crippen LogP contribution is 2.11. The average molecular weight is 248 g/mol. The van der Waals surface area contributed by atoms with Crippen LogP contribution in [0, 0.1) is 12.3 Å². The summed E-state index contributed by atoms with van der Waals surface area (Å²) >= 11 is 1.85. The van der Waals surface area contributed by atoms with Crippen LogP contribution in [0.3, 0.4) is 0 Å². The van der Waals surface area contributed by atoms with E-state index in [0.717, 1.165) is 32.6 Å². The monoisotopic (exact) mass is 248 g/mol. The van der Waals surface area contributed by atoms with Crippen LogP contribution in [0.1, 0.15) is 17.7 Å². The Labute approximate surface area is 108 Å². The Kier molecular flexibility index (Phi) is 5.06. The summed E-state index contributed by atoms with van der Waals surface area (Å²) in [6.45, 7) is 4.18. The summed E-state index contributed by atoms with van der Waals surface area (Å²) in [6, 6.07) is 5.02. The molecular formula is C14H20N2S. The Balaban J connectivity index is 1.60. The van der Waals surface area contributed by atoms with Gasteiger partial charge >= 0.3 is 0 Å². The zero-order chi connectivity index (χ0) is 11.9. The lowest BCUT2D eigenvalue weighted by molar-refractivity contribution is 0.218. The van der Waals surface area contributed by atoms with E-state index in [1.54, 1.807) is 0 Å². The Hall–Kier alpha value is -0.820. The lowest BCUT2D eigenvalue weighted by Crippen LogP contribution is -2.43. The summed E-state index contributed by atoms with van der Waals surface area (Å²) < 4.78 is 0. The van der Waals surface area contributed by atoms with E-state index in [4.69, 9.17) is 6.42 Å². The van der Waals surface area contributed by atoms with Crippen molar-refractivity contribution in [3.05, 3.63) is 22.4 Å². The topological polar surface area (TPSA) is 15.3 Å². The van der Waals surface area contributed by atoms with E-state index in [2.05, 4.69) is 33.6 Å². The van der Waals surface area contributed by atoms with Gasteiger partial charge in [-0.05, 0) is 30.7 Å². The third-order valence-electron chi connectivity index (χ3n) is 3.29. The maximum Gasteiger partial charge on any atom is 0.0598 e. The molecule has 0 spiro atoms. The molecule has 2 heterocycles. The van der Waals surface area contributed by atoms with Gasteiger partial charge in [-0.15, -0.1) is 17.8 Å². The van der Waals surface area contributed by atoms with E-state index in [1.165, 1.54) is 17.7 Å². The van der Waals surface area contributed by atoms with E-state index in [0.29, 0.717) is 6.04 Å². The highest BCUT2D eigenvalue weighted by molar-refractivity contribution is 7.09. The molecule has 1 saturated heterocycles. The van der Waals surface area contributed by atoms with Gasteiger partial charge in [0.2, 0.25) is 0 Å². The fourth-order valence-electron chi connectivity index (χ4n) is 2.28. The first-order chi connectivity index (χ1) is 8.38. The number of nitrogens with zero attached hydrogens (tertiary/aromatic N) is 1. The van der Waals surface area contributed by atoms with E-state index < -0.39 is 0 Å². The fraction of sp³-hybridized carbons (Fsp3) is 0.571. The van der Waals surface area contributed by atoms with Crippen molar-refractivity contribution in [3.63, 3.8) is 0 Å². The number of terminal acetylenes is 1. The number of nitrogens with one attached hydrogen (secondary N) is 1. The van der Waals surface area contributed by atoms with Gasteiger partial charge in [-0.3, -0.25) is 4.90 Å².